The summed E-state index contributed by atoms with van der Waals surface area (Å²) < 4.78 is 13.0. The van der Waals surface area contributed by atoms with Crippen molar-refractivity contribution in [3.63, 3.8) is 0 Å². The molecule has 0 spiro atoms. The van der Waals surface area contributed by atoms with E-state index >= 15 is 0 Å². The van der Waals surface area contributed by atoms with Gasteiger partial charge in [-0.1, -0.05) is 24.3 Å². The van der Waals surface area contributed by atoms with Crippen molar-refractivity contribution >= 4 is 5.91 Å². The van der Waals surface area contributed by atoms with Gasteiger partial charge in [0.15, 0.2) is 0 Å². The number of hydrogen-bond acceptors (Lipinski definition) is 2. The van der Waals surface area contributed by atoms with Crippen LogP contribution >= 0.6 is 0 Å². The first kappa shape index (κ1) is 16.3. The van der Waals surface area contributed by atoms with Gasteiger partial charge in [-0.25, -0.2) is 4.39 Å². The average molecular weight is 338 g/mol. The van der Waals surface area contributed by atoms with Crippen LogP contribution in [0.15, 0.2) is 48.5 Å². The molecule has 0 saturated carbocycles. The molecule has 2 aromatic rings. The molecule has 3 nitrogen and oxygen atoms in total. The van der Waals surface area contributed by atoms with Crippen LogP contribution in [-0.2, 0) is 0 Å². The van der Waals surface area contributed by atoms with Crippen molar-refractivity contribution in [2.24, 2.45) is 0 Å². The van der Waals surface area contributed by atoms with E-state index in [0.29, 0.717) is 6.04 Å². The largest absolute Gasteiger partial charge is 0.337 e. The number of likely N-dealkylation sites (tertiary alicyclic amines) is 2. The molecule has 2 fully saturated rings. The van der Waals surface area contributed by atoms with E-state index in [-0.39, 0.29) is 11.7 Å². The van der Waals surface area contributed by atoms with Crippen LogP contribution in [0.2, 0.25) is 0 Å². The Bertz CT molecular complexity index is 735. The predicted molar refractivity (Wildman–Crippen MR) is 97.0 cm³/mol. The maximum Gasteiger partial charge on any atom is 0.253 e. The summed E-state index contributed by atoms with van der Waals surface area (Å²) in [6, 6.07) is 14.6. The minimum atomic E-state index is -0.239. The second-order valence-electron chi connectivity index (χ2n) is 7.02. The lowest BCUT2D eigenvalue weighted by Crippen LogP contribution is -2.37. The van der Waals surface area contributed by atoms with E-state index in [2.05, 4.69) is 4.90 Å². The van der Waals surface area contributed by atoms with Crippen LogP contribution in [0.3, 0.4) is 0 Å². The van der Waals surface area contributed by atoms with Crippen molar-refractivity contribution in [2.45, 2.75) is 25.3 Å². The van der Waals surface area contributed by atoms with Gasteiger partial charge in [-0.05, 0) is 67.7 Å². The lowest BCUT2D eigenvalue weighted by molar-refractivity contribution is 0.0780. The van der Waals surface area contributed by atoms with Gasteiger partial charge in [0, 0.05) is 24.7 Å². The van der Waals surface area contributed by atoms with Crippen LogP contribution in [0.1, 0.15) is 29.6 Å². The zero-order chi connectivity index (χ0) is 17.2. The number of hydrogen-bond donors (Lipinski definition) is 0. The molecule has 130 valence electrons. The number of nitrogens with zero attached hydrogens (tertiary/aromatic N) is 2. The Hall–Kier alpha value is -2.20. The SMILES string of the molecule is O=C(c1ccc(-c2ccc(F)cc2)cc1)N1CCC(N2CCCC2)C1. The van der Waals surface area contributed by atoms with Crippen LogP contribution < -0.4 is 0 Å². The maximum absolute atomic E-state index is 13.0. The third kappa shape index (κ3) is 3.45. The van der Waals surface area contributed by atoms with Gasteiger partial charge in [0.1, 0.15) is 5.82 Å². The Morgan fingerprint density at radius 1 is 0.880 bits per heavy atom. The van der Waals surface area contributed by atoms with Crippen molar-refractivity contribution in [1.29, 1.82) is 0 Å². The fourth-order valence-electron chi connectivity index (χ4n) is 3.96. The molecule has 2 aromatic carbocycles. The molecule has 1 unspecified atom stereocenters. The van der Waals surface area contributed by atoms with Gasteiger partial charge in [0.25, 0.3) is 5.91 Å². The number of halogens is 1. The van der Waals surface area contributed by atoms with Crippen LogP contribution in [0, 0.1) is 5.82 Å². The van der Waals surface area contributed by atoms with Crippen molar-refractivity contribution in [3.8, 4) is 11.1 Å². The molecule has 2 aliphatic heterocycles. The summed E-state index contributed by atoms with van der Waals surface area (Å²) in [4.78, 5) is 17.3. The van der Waals surface area contributed by atoms with E-state index < -0.39 is 0 Å². The lowest BCUT2D eigenvalue weighted by Gasteiger charge is -2.23. The van der Waals surface area contributed by atoms with E-state index in [1.165, 1.54) is 38.1 Å². The summed E-state index contributed by atoms with van der Waals surface area (Å²) in [5.41, 5.74) is 2.68. The third-order valence-corrected chi connectivity index (χ3v) is 5.42. The van der Waals surface area contributed by atoms with Gasteiger partial charge in [0.05, 0.1) is 0 Å². The summed E-state index contributed by atoms with van der Waals surface area (Å²) in [5.74, 6) is -0.121. The molecule has 1 amide bonds. The summed E-state index contributed by atoms with van der Waals surface area (Å²) >= 11 is 0. The molecular weight excluding hydrogens is 315 g/mol. The van der Waals surface area contributed by atoms with Crippen LogP contribution in [0.5, 0.6) is 0 Å². The number of carbonyl (C=O) groups excluding carboxylic acids is 1. The second-order valence-corrected chi connectivity index (χ2v) is 7.02. The highest BCUT2D eigenvalue weighted by Crippen LogP contribution is 2.24. The standard InChI is InChI=1S/C21H23FN2O/c22-19-9-7-17(8-10-19)16-3-5-18(6-4-16)21(25)24-14-11-20(15-24)23-12-1-2-13-23/h3-10,20H,1-2,11-15H2. The van der Waals surface area contributed by atoms with Gasteiger partial charge >= 0.3 is 0 Å². The molecule has 2 saturated heterocycles. The fraction of sp³-hybridized carbons (Fsp3) is 0.381. The molecule has 4 heteroatoms. The zero-order valence-electron chi connectivity index (χ0n) is 14.3. The van der Waals surface area contributed by atoms with Crippen molar-refractivity contribution < 1.29 is 9.18 Å². The molecule has 0 aromatic heterocycles. The number of carbonyl (C=O) groups is 1. The molecule has 0 bridgehead atoms. The molecule has 2 heterocycles. The lowest BCUT2D eigenvalue weighted by atomic mass is 10.0. The molecule has 4 rings (SSSR count). The molecule has 0 radical (unpaired) electrons. The first-order valence-corrected chi connectivity index (χ1v) is 9.10. The van der Waals surface area contributed by atoms with E-state index in [0.717, 1.165) is 36.2 Å². The minimum absolute atomic E-state index is 0.118. The highest BCUT2D eigenvalue weighted by molar-refractivity contribution is 5.95. The van der Waals surface area contributed by atoms with Crippen LogP contribution in [0.25, 0.3) is 11.1 Å². The van der Waals surface area contributed by atoms with Crippen LogP contribution in [0.4, 0.5) is 4.39 Å². The quantitative estimate of drug-likeness (QED) is 0.850. The van der Waals surface area contributed by atoms with E-state index in [4.69, 9.17) is 0 Å². The summed E-state index contributed by atoms with van der Waals surface area (Å²) in [6.45, 7) is 4.05. The Morgan fingerprint density at radius 3 is 2.12 bits per heavy atom. The van der Waals surface area contributed by atoms with E-state index in [1.54, 1.807) is 12.1 Å². The highest BCUT2D eigenvalue weighted by atomic mass is 19.1. The topological polar surface area (TPSA) is 23.6 Å². The van der Waals surface area contributed by atoms with Gasteiger partial charge in [-0.2, -0.15) is 0 Å². The summed E-state index contributed by atoms with van der Waals surface area (Å²) in [6.07, 6.45) is 3.66. The average Bonchev–Trinajstić information content (AvgIpc) is 3.33. The monoisotopic (exact) mass is 338 g/mol. The third-order valence-electron chi connectivity index (χ3n) is 5.42. The Morgan fingerprint density at radius 2 is 1.48 bits per heavy atom. The smallest absolute Gasteiger partial charge is 0.253 e. The van der Waals surface area contributed by atoms with E-state index in [1.807, 2.05) is 29.2 Å². The summed E-state index contributed by atoms with van der Waals surface area (Å²) in [7, 11) is 0. The van der Waals surface area contributed by atoms with E-state index in [9.17, 15) is 9.18 Å². The van der Waals surface area contributed by atoms with Gasteiger partial charge in [0.2, 0.25) is 0 Å². The fourth-order valence-corrected chi connectivity index (χ4v) is 3.96. The van der Waals surface area contributed by atoms with Crippen molar-refractivity contribution in [2.75, 3.05) is 26.2 Å². The normalized spacial score (nSPS) is 21.0. The number of benzene rings is 2. The molecule has 25 heavy (non-hydrogen) atoms. The number of rotatable bonds is 3. The predicted octanol–water partition coefficient (Wildman–Crippen LogP) is 3.80. The Balaban J connectivity index is 1.43. The van der Waals surface area contributed by atoms with Gasteiger partial charge < -0.3 is 4.90 Å². The van der Waals surface area contributed by atoms with Gasteiger partial charge in [-0.3, -0.25) is 9.69 Å². The van der Waals surface area contributed by atoms with Crippen molar-refractivity contribution in [1.82, 2.24) is 9.80 Å². The first-order valence-electron chi connectivity index (χ1n) is 9.10. The second kappa shape index (κ2) is 6.96. The molecule has 0 N–H and O–H groups in total. The Kier molecular flexibility index (Phi) is 4.53. The molecule has 2 aliphatic rings. The minimum Gasteiger partial charge on any atom is -0.337 e. The maximum atomic E-state index is 13.0. The Labute approximate surface area is 148 Å². The highest BCUT2D eigenvalue weighted by Gasteiger charge is 2.31. The zero-order valence-corrected chi connectivity index (χ0v) is 14.3. The van der Waals surface area contributed by atoms with Crippen molar-refractivity contribution in [3.05, 3.63) is 59.9 Å². The molecular formula is C21H23FN2O. The number of amides is 1. The molecule has 1 atom stereocenters. The van der Waals surface area contributed by atoms with Crippen LogP contribution in [-0.4, -0.2) is 47.9 Å². The summed E-state index contributed by atoms with van der Waals surface area (Å²) in [5, 5.41) is 0. The van der Waals surface area contributed by atoms with Gasteiger partial charge in [-0.15, -0.1) is 0 Å². The first-order chi connectivity index (χ1) is 12.2. The molecule has 0 aliphatic carbocycles.